The number of hydrogen-bond acceptors (Lipinski definition) is 5. The van der Waals surface area contributed by atoms with Crippen molar-refractivity contribution >= 4 is 11.9 Å². The van der Waals surface area contributed by atoms with Crippen molar-refractivity contribution in [3.05, 3.63) is 47.4 Å². The normalized spacial score (nSPS) is 10.1. The van der Waals surface area contributed by atoms with Crippen LogP contribution in [0.25, 0.3) is 0 Å². The molecule has 0 fully saturated rings. The van der Waals surface area contributed by atoms with Gasteiger partial charge in [0.2, 0.25) is 5.91 Å². The molecule has 0 atom stereocenters. The number of primary amides is 1. The molecule has 0 saturated heterocycles. The average Bonchev–Trinajstić information content (AvgIpc) is 2.93. The van der Waals surface area contributed by atoms with E-state index in [9.17, 15) is 9.59 Å². The molecule has 0 spiro atoms. The fourth-order valence-corrected chi connectivity index (χ4v) is 1.71. The zero-order valence-electron chi connectivity index (χ0n) is 11.2. The molecule has 7 nitrogen and oxygen atoms in total. The maximum Gasteiger partial charge on any atom is 0.339 e. The summed E-state index contributed by atoms with van der Waals surface area (Å²) in [5.41, 5.74) is 5.46. The van der Waals surface area contributed by atoms with Crippen molar-refractivity contribution in [2.75, 3.05) is 7.11 Å². The summed E-state index contributed by atoms with van der Waals surface area (Å²) >= 11 is 0. The molecule has 0 unspecified atom stereocenters. The van der Waals surface area contributed by atoms with Crippen LogP contribution in [0, 0.1) is 0 Å². The van der Waals surface area contributed by atoms with E-state index in [-0.39, 0.29) is 23.5 Å². The van der Waals surface area contributed by atoms with E-state index in [1.54, 1.807) is 6.07 Å². The molecule has 21 heavy (non-hydrogen) atoms. The fourth-order valence-electron chi connectivity index (χ4n) is 1.71. The molecule has 1 aromatic carbocycles. The minimum atomic E-state index is -1.11. The maximum absolute atomic E-state index is 11.2. The van der Waals surface area contributed by atoms with Gasteiger partial charge in [0.15, 0.2) is 5.76 Å². The zero-order valence-corrected chi connectivity index (χ0v) is 11.2. The summed E-state index contributed by atoms with van der Waals surface area (Å²) < 4.78 is 15.5. The monoisotopic (exact) mass is 291 g/mol. The third kappa shape index (κ3) is 3.33. The molecule has 3 N–H and O–H groups in total. The number of nitrogens with two attached hydrogens (primary N) is 1. The largest absolute Gasteiger partial charge is 0.497 e. The highest BCUT2D eigenvalue weighted by Crippen LogP contribution is 2.24. The second-order valence-corrected chi connectivity index (χ2v) is 4.11. The van der Waals surface area contributed by atoms with Crippen molar-refractivity contribution in [1.82, 2.24) is 0 Å². The summed E-state index contributed by atoms with van der Waals surface area (Å²) in [5.74, 6) is -0.838. The molecule has 0 aliphatic heterocycles. The fraction of sp³-hybridized carbons (Fsp3) is 0.143. The van der Waals surface area contributed by atoms with Crippen LogP contribution in [-0.2, 0) is 6.61 Å². The van der Waals surface area contributed by atoms with E-state index in [4.69, 9.17) is 24.7 Å². The van der Waals surface area contributed by atoms with Gasteiger partial charge in [0.05, 0.1) is 13.4 Å². The number of benzene rings is 1. The average molecular weight is 291 g/mol. The van der Waals surface area contributed by atoms with Crippen LogP contribution in [0.1, 0.15) is 26.5 Å². The second-order valence-electron chi connectivity index (χ2n) is 4.11. The summed E-state index contributed by atoms with van der Waals surface area (Å²) in [6, 6.07) is 5.80. The number of carboxylic acid groups (broad SMARTS) is 1. The lowest BCUT2D eigenvalue weighted by Crippen LogP contribution is -2.11. The molecule has 1 amide bonds. The lowest BCUT2D eigenvalue weighted by atomic mass is 10.2. The first-order valence-electron chi connectivity index (χ1n) is 5.92. The Kier molecular flexibility index (Phi) is 4.13. The van der Waals surface area contributed by atoms with Crippen LogP contribution in [0.3, 0.4) is 0 Å². The topological polar surface area (TPSA) is 112 Å². The van der Waals surface area contributed by atoms with E-state index < -0.39 is 11.9 Å². The van der Waals surface area contributed by atoms with Gasteiger partial charge in [0.25, 0.3) is 0 Å². The summed E-state index contributed by atoms with van der Waals surface area (Å²) in [4.78, 5) is 22.2. The number of carboxylic acids is 1. The van der Waals surface area contributed by atoms with Crippen molar-refractivity contribution in [1.29, 1.82) is 0 Å². The molecule has 0 aliphatic carbocycles. The van der Waals surface area contributed by atoms with E-state index in [1.807, 2.05) is 0 Å². The summed E-state index contributed by atoms with van der Waals surface area (Å²) in [6.45, 7) is -0.0972. The SMILES string of the molecule is COc1cc(OCc2occc2C(=O)O)cc(C(N)=O)c1. The minimum absolute atomic E-state index is 0.0213. The Morgan fingerprint density at radius 2 is 2.00 bits per heavy atom. The molecule has 7 heteroatoms. The molecule has 2 rings (SSSR count). The third-order valence-corrected chi connectivity index (χ3v) is 2.75. The molecule has 0 radical (unpaired) electrons. The Labute approximate surface area is 119 Å². The lowest BCUT2D eigenvalue weighted by Gasteiger charge is -2.09. The van der Waals surface area contributed by atoms with Gasteiger partial charge >= 0.3 is 5.97 Å². The number of amides is 1. The molecule has 0 bridgehead atoms. The first-order chi connectivity index (χ1) is 10.0. The van der Waals surface area contributed by atoms with Crippen LogP contribution in [0.15, 0.2) is 34.9 Å². The van der Waals surface area contributed by atoms with Gasteiger partial charge in [-0.1, -0.05) is 0 Å². The van der Waals surface area contributed by atoms with Gasteiger partial charge in [0.1, 0.15) is 23.7 Å². The Morgan fingerprint density at radius 3 is 2.62 bits per heavy atom. The van der Waals surface area contributed by atoms with Gasteiger partial charge < -0.3 is 24.7 Å². The van der Waals surface area contributed by atoms with Crippen LogP contribution in [0.4, 0.5) is 0 Å². The number of rotatable bonds is 6. The Bertz CT molecular complexity index is 676. The van der Waals surface area contributed by atoms with Gasteiger partial charge in [-0.05, 0) is 18.2 Å². The molecular formula is C14H13NO6. The van der Waals surface area contributed by atoms with Gasteiger partial charge in [-0.2, -0.15) is 0 Å². The Balaban J connectivity index is 2.19. The number of methoxy groups -OCH3 is 1. The first kappa shape index (κ1) is 14.4. The van der Waals surface area contributed by atoms with Gasteiger partial charge in [-0.25, -0.2) is 4.79 Å². The molecule has 0 aliphatic rings. The Morgan fingerprint density at radius 1 is 1.29 bits per heavy atom. The van der Waals surface area contributed by atoms with Crippen LogP contribution in [0.5, 0.6) is 11.5 Å². The molecule has 110 valence electrons. The van der Waals surface area contributed by atoms with Crippen LogP contribution in [0.2, 0.25) is 0 Å². The highest BCUT2D eigenvalue weighted by Gasteiger charge is 2.14. The number of carbonyl (C=O) groups excluding carboxylic acids is 1. The zero-order chi connectivity index (χ0) is 15.4. The molecular weight excluding hydrogens is 278 g/mol. The van der Waals surface area contributed by atoms with Crippen molar-refractivity contribution in [3.8, 4) is 11.5 Å². The van der Waals surface area contributed by atoms with Gasteiger partial charge in [0, 0.05) is 11.6 Å². The van der Waals surface area contributed by atoms with E-state index in [0.717, 1.165) is 0 Å². The van der Waals surface area contributed by atoms with Crippen LogP contribution in [-0.4, -0.2) is 24.1 Å². The number of ether oxygens (including phenoxy) is 2. The van der Waals surface area contributed by atoms with Crippen LogP contribution >= 0.6 is 0 Å². The second kappa shape index (κ2) is 6.00. The number of aromatic carboxylic acids is 1. The highest BCUT2D eigenvalue weighted by molar-refractivity contribution is 5.93. The number of furan rings is 1. The van der Waals surface area contributed by atoms with Gasteiger partial charge in [-0.15, -0.1) is 0 Å². The molecule has 1 heterocycles. The predicted molar refractivity (Wildman–Crippen MR) is 71.5 cm³/mol. The van der Waals surface area contributed by atoms with Crippen molar-refractivity contribution < 1.29 is 28.6 Å². The van der Waals surface area contributed by atoms with Gasteiger partial charge in [-0.3, -0.25) is 4.79 Å². The van der Waals surface area contributed by atoms with E-state index in [1.165, 1.54) is 31.6 Å². The summed E-state index contributed by atoms with van der Waals surface area (Å²) in [6.07, 6.45) is 1.27. The summed E-state index contributed by atoms with van der Waals surface area (Å²) in [5, 5.41) is 8.95. The number of carbonyl (C=O) groups is 2. The van der Waals surface area contributed by atoms with Crippen molar-refractivity contribution in [2.45, 2.75) is 6.61 Å². The van der Waals surface area contributed by atoms with E-state index >= 15 is 0 Å². The van der Waals surface area contributed by atoms with Crippen LogP contribution < -0.4 is 15.2 Å². The van der Waals surface area contributed by atoms with Crippen molar-refractivity contribution in [3.63, 3.8) is 0 Å². The maximum atomic E-state index is 11.2. The van der Waals surface area contributed by atoms with E-state index in [0.29, 0.717) is 11.5 Å². The smallest absolute Gasteiger partial charge is 0.339 e. The van der Waals surface area contributed by atoms with E-state index in [2.05, 4.69) is 0 Å². The quantitative estimate of drug-likeness (QED) is 0.837. The first-order valence-corrected chi connectivity index (χ1v) is 5.92. The lowest BCUT2D eigenvalue weighted by molar-refractivity contribution is 0.0691. The minimum Gasteiger partial charge on any atom is -0.497 e. The predicted octanol–water partition coefficient (Wildman–Crippen LogP) is 1.66. The summed E-state index contributed by atoms with van der Waals surface area (Å²) in [7, 11) is 1.44. The standard InChI is InChI=1S/C14H13NO6/c1-19-9-4-8(13(15)16)5-10(6-9)21-7-12-11(14(17)18)2-3-20-12/h2-6H,7H2,1H3,(H2,15,16)(H,17,18). The highest BCUT2D eigenvalue weighted by atomic mass is 16.5. The molecule has 2 aromatic rings. The molecule has 0 saturated carbocycles. The molecule has 1 aromatic heterocycles. The van der Waals surface area contributed by atoms with Crippen molar-refractivity contribution in [2.24, 2.45) is 5.73 Å². The third-order valence-electron chi connectivity index (χ3n) is 2.75. The Hall–Kier alpha value is -2.96. The number of hydrogen-bond donors (Lipinski definition) is 2.